The van der Waals surface area contributed by atoms with Crippen LogP contribution in [0.15, 0.2) is 12.1 Å². The molecule has 0 amide bonds. The van der Waals surface area contributed by atoms with E-state index in [0.29, 0.717) is 0 Å². The number of aryl methyl sites for hydroxylation is 3. The highest BCUT2D eigenvalue weighted by atomic mass is 31.0. The Kier molecular flexibility index (Phi) is 9.64. The SMILES string of the molecule is CCCCCCc1cc(C(=O)P)c(CCCCCC)cc1C. The molecule has 1 unspecified atom stereocenters. The van der Waals surface area contributed by atoms with Gasteiger partial charge in [0.05, 0.1) is 0 Å². The highest BCUT2D eigenvalue weighted by molar-refractivity contribution is 7.41. The van der Waals surface area contributed by atoms with Gasteiger partial charge in [0.15, 0.2) is 5.52 Å². The number of unbranched alkanes of at least 4 members (excludes halogenated alkanes) is 6. The van der Waals surface area contributed by atoms with Crippen LogP contribution in [0.4, 0.5) is 0 Å². The molecule has 0 aliphatic heterocycles. The van der Waals surface area contributed by atoms with E-state index >= 15 is 0 Å². The van der Waals surface area contributed by atoms with Gasteiger partial charge in [-0.25, -0.2) is 0 Å². The van der Waals surface area contributed by atoms with Crippen molar-refractivity contribution in [3.8, 4) is 0 Å². The zero-order valence-corrected chi connectivity index (χ0v) is 15.9. The third kappa shape index (κ3) is 6.61. The molecule has 1 nitrogen and oxygen atoms in total. The zero-order valence-electron chi connectivity index (χ0n) is 14.7. The predicted octanol–water partition coefficient (Wildman–Crippen LogP) is 6.26. The van der Waals surface area contributed by atoms with E-state index in [-0.39, 0.29) is 5.52 Å². The van der Waals surface area contributed by atoms with Crippen LogP contribution in [0, 0.1) is 6.92 Å². The van der Waals surface area contributed by atoms with Gasteiger partial charge in [0.1, 0.15) is 0 Å². The van der Waals surface area contributed by atoms with Crippen molar-refractivity contribution in [3.05, 3.63) is 34.4 Å². The summed E-state index contributed by atoms with van der Waals surface area (Å²) in [6, 6.07) is 4.42. The van der Waals surface area contributed by atoms with Crippen LogP contribution in [0.25, 0.3) is 0 Å². The Morgan fingerprint density at radius 2 is 1.41 bits per heavy atom. The highest BCUT2D eigenvalue weighted by Gasteiger charge is 2.11. The normalized spacial score (nSPS) is 10.9. The third-order valence-electron chi connectivity index (χ3n) is 4.43. The van der Waals surface area contributed by atoms with Gasteiger partial charge in [-0.3, -0.25) is 4.79 Å². The maximum absolute atomic E-state index is 12.0. The molecule has 0 spiro atoms. The average Bonchev–Trinajstić information content (AvgIpc) is 2.49. The molecule has 1 atom stereocenters. The molecule has 2 heteroatoms. The Morgan fingerprint density at radius 1 is 0.864 bits per heavy atom. The molecule has 0 bridgehead atoms. The molecule has 22 heavy (non-hydrogen) atoms. The average molecular weight is 320 g/mol. The molecule has 0 aliphatic carbocycles. The van der Waals surface area contributed by atoms with Crippen molar-refractivity contribution in [1.82, 2.24) is 0 Å². The fraction of sp³-hybridized carbons (Fsp3) is 0.650. The van der Waals surface area contributed by atoms with Crippen molar-refractivity contribution in [2.24, 2.45) is 0 Å². The fourth-order valence-electron chi connectivity index (χ4n) is 3.00. The summed E-state index contributed by atoms with van der Waals surface area (Å²) >= 11 is 0. The molecule has 0 aliphatic rings. The monoisotopic (exact) mass is 320 g/mol. The minimum Gasteiger partial charge on any atom is -0.290 e. The number of hydrogen-bond acceptors (Lipinski definition) is 1. The van der Waals surface area contributed by atoms with Crippen LogP contribution in [-0.2, 0) is 12.8 Å². The van der Waals surface area contributed by atoms with E-state index in [2.05, 4.69) is 42.1 Å². The molecule has 0 N–H and O–H groups in total. The van der Waals surface area contributed by atoms with E-state index in [0.717, 1.165) is 18.4 Å². The largest absolute Gasteiger partial charge is 0.290 e. The molecule has 0 saturated heterocycles. The molecule has 0 radical (unpaired) electrons. The van der Waals surface area contributed by atoms with Gasteiger partial charge < -0.3 is 0 Å². The van der Waals surface area contributed by atoms with Crippen LogP contribution < -0.4 is 0 Å². The second-order valence-electron chi connectivity index (χ2n) is 6.42. The first-order valence-electron chi connectivity index (χ1n) is 9.02. The number of carbonyl (C=O) groups is 1. The van der Waals surface area contributed by atoms with Crippen LogP contribution >= 0.6 is 9.24 Å². The first kappa shape index (κ1) is 19.4. The van der Waals surface area contributed by atoms with Gasteiger partial charge >= 0.3 is 0 Å². The summed E-state index contributed by atoms with van der Waals surface area (Å²) in [5, 5.41) is 0. The lowest BCUT2D eigenvalue weighted by molar-refractivity contribution is 0.108. The maximum atomic E-state index is 12.0. The number of hydrogen-bond donors (Lipinski definition) is 0. The van der Waals surface area contributed by atoms with E-state index in [4.69, 9.17) is 0 Å². The minimum absolute atomic E-state index is 0.139. The Hall–Kier alpha value is -0.680. The summed E-state index contributed by atoms with van der Waals surface area (Å²) in [4.78, 5) is 12.0. The van der Waals surface area contributed by atoms with Crippen LogP contribution in [0.5, 0.6) is 0 Å². The van der Waals surface area contributed by atoms with E-state index in [1.807, 2.05) is 0 Å². The number of benzene rings is 1. The van der Waals surface area contributed by atoms with Gasteiger partial charge in [0, 0.05) is 5.56 Å². The van der Waals surface area contributed by atoms with Gasteiger partial charge in [0.2, 0.25) is 0 Å². The molecule has 1 aromatic carbocycles. The van der Waals surface area contributed by atoms with E-state index in [1.54, 1.807) is 0 Å². The molecular weight excluding hydrogens is 287 g/mol. The first-order chi connectivity index (χ1) is 10.6. The smallest absolute Gasteiger partial charge is 0.178 e. The molecule has 0 aromatic heterocycles. The quantitative estimate of drug-likeness (QED) is 0.347. The molecule has 0 saturated carbocycles. The minimum atomic E-state index is 0.139. The van der Waals surface area contributed by atoms with Crippen molar-refractivity contribution >= 4 is 14.8 Å². The molecular formula is C20H33OP. The summed E-state index contributed by atoms with van der Waals surface area (Å²) in [5.74, 6) is 0. The van der Waals surface area contributed by atoms with Gasteiger partial charge in [-0.15, -0.1) is 0 Å². The standard InChI is InChI=1S/C20H33OP/c1-4-6-8-10-12-17-15-19(20(21)22)18(14-16(17)3)13-11-9-7-5-2/h14-15H,4-13,22H2,1-3H3. The summed E-state index contributed by atoms with van der Waals surface area (Å²) in [5.41, 5.74) is 5.03. The summed E-state index contributed by atoms with van der Waals surface area (Å²) in [6.07, 6.45) is 12.2. The predicted molar refractivity (Wildman–Crippen MR) is 101 cm³/mol. The zero-order chi connectivity index (χ0) is 16.4. The summed E-state index contributed by atoms with van der Waals surface area (Å²) in [7, 11) is 2.36. The third-order valence-corrected chi connectivity index (χ3v) is 4.74. The summed E-state index contributed by atoms with van der Waals surface area (Å²) < 4.78 is 0. The number of rotatable bonds is 11. The van der Waals surface area contributed by atoms with Gasteiger partial charge in [-0.1, -0.05) is 67.7 Å². The van der Waals surface area contributed by atoms with E-state index in [9.17, 15) is 4.79 Å². The van der Waals surface area contributed by atoms with Crippen LogP contribution in [0.2, 0.25) is 0 Å². The van der Waals surface area contributed by atoms with Crippen LogP contribution in [0.1, 0.15) is 92.3 Å². The first-order valence-corrected chi connectivity index (χ1v) is 9.60. The number of carbonyl (C=O) groups excluding carboxylic acids is 1. The Labute approximate surface area is 139 Å². The van der Waals surface area contributed by atoms with Gasteiger partial charge in [-0.05, 0) is 55.4 Å². The second-order valence-corrected chi connectivity index (χ2v) is 6.95. The van der Waals surface area contributed by atoms with Crippen molar-refractivity contribution in [2.45, 2.75) is 85.0 Å². The maximum Gasteiger partial charge on any atom is 0.178 e. The fourth-order valence-corrected chi connectivity index (χ4v) is 3.27. The highest BCUT2D eigenvalue weighted by Crippen LogP contribution is 2.23. The molecule has 1 aromatic rings. The van der Waals surface area contributed by atoms with Crippen molar-refractivity contribution in [2.75, 3.05) is 0 Å². The molecule has 0 fully saturated rings. The lowest BCUT2D eigenvalue weighted by Gasteiger charge is -2.13. The van der Waals surface area contributed by atoms with E-state index in [1.165, 1.54) is 68.1 Å². The molecule has 1 rings (SSSR count). The van der Waals surface area contributed by atoms with Crippen LogP contribution in [-0.4, -0.2) is 5.52 Å². The lowest BCUT2D eigenvalue weighted by atomic mass is 9.93. The Morgan fingerprint density at radius 3 is 1.91 bits per heavy atom. The van der Waals surface area contributed by atoms with Crippen LogP contribution in [0.3, 0.4) is 0 Å². The van der Waals surface area contributed by atoms with E-state index < -0.39 is 0 Å². The Bertz CT molecular complexity index is 465. The van der Waals surface area contributed by atoms with Crippen molar-refractivity contribution in [3.63, 3.8) is 0 Å². The van der Waals surface area contributed by atoms with Gasteiger partial charge in [0.25, 0.3) is 0 Å². The summed E-state index contributed by atoms with van der Waals surface area (Å²) in [6.45, 7) is 6.67. The molecule has 0 heterocycles. The second kappa shape index (κ2) is 10.9. The van der Waals surface area contributed by atoms with Crippen molar-refractivity contribution in [1.29, 1.82) is 0 Å². The van der Waals surface area contributed by atoms with Gasteiger partial charge in [-0.2, -0.15) is 0 Å². The lowest BCUT2D eigenvalue weighted by Crippen LogP contribution is -2.02. The topological polar surface area (TPSA) is 17.1 Å². The molecule has 124 valence electrons. The van der Waals surface area contributed by atoms with Crippen molar-refractivity contribution < 1.29 is 4.79 Å². The Balaban J connectivity index is 2.76.